The second kappa shape index (κ2) is 6.02. The molecular weight excluding hydrogens is 274 g/mol. The van der Waals surface area contributed by atoms with Crippen molar-refractivity contribution in [3.8, 4) is 0 Å². The number of nitrogens with one attached hydrogen (secondary N) is 1. The van der Waals surface area contributed by atoms with Gasteiger partial charge in [-0.25, -0.2) is 0 Å². The van der Waals surface area contributed by atoms with Gasteiger partial charge in [0.25, 0.3) is 0 Å². The fraction of sp³-hybridized carbons (Fsp3) is 0.533. The third-order valence-electron chi connectivity index (χ3n) is 4.37. The van der Waals surface area contributed by atoms with Crippen molar-refractivity contribution in [2.24, 2.45) is 22.2 Å². The summed E-state index contributed by atoms with van der Waals surface area (Å²) in [6.45, 7) is 6.34. The molecule has 1 saturated carbocycles. The van der Waals surface area contributed by atoms with Crippen LogP contribution in [0.3, 0.4) is 0 Å². The normalized spacial score (nSPS) is 17.5. The molecule has 1 aliphatic carbocycles. The Kier molecular flexibility index (Phi) is 4.55. The van der Waals surface area contributed by atoms with Crippen LogP contribution in [0, 0.1) is 11.3 Å². The lowest BCUT2D eigenvalue weighted by molar-refractivity contribution is 0.318. The summed E-state index contributed by atoms with van der Waals surface area (Å²) in [7, 11) is 0. The third kappa shape index (κ3) is 3.25. The maximum Gasteiger partial charge on any atom is 0.170 e. The monoisotopic (exact) mass is 295 g/mol. The zero-order valence-corrected chi connectivity index (χ0v) is 12.7. The van der Waals surface area contributed by atoms with E-state index in [1.807, 2.05) is 12.1 Å². The highest BCUT2D eigenvalue weighted by atomic mass is 35.5. The molecule has 110 valence electrons. The molecule has 1 aromatic carbocycles. The van der Waals surface area contributed by atoms with Gasteiger partial charge in [0.1, 0.15) is 0 Å². The number of amidine groups is 1. The van der Waals surface area contributed by atoms with Gasteiger partial charge in [0.05, 0.1) is 0 Å². The molecule has 0 radical (unpaired) electrons. The SMILES string of the molecule is CC(C)C1(CNCc2ccc(/C(N)=N/O)cc2Cl)CC1. The zero-order chi connectivity index (χ0) is 14.8. The minimum atomic E-state index is 0.0724. The lowest BCUT2D eigenvalue weighted by atomic mass is 9.92. The van der Waals surface area contributed by atoms with Crippen molar-refractivity contribution in [2.45, 2.75) is 33.2 Å². The molecule has 4 N–H and O–H groups in total. The van der Waals surface area contributed by atoms with Crippen molar-refractivity contribution in [1.29, 1.82) is 0 Å². The Morgan fingerprint density at radius 1 is 1.50 bits per heavy atom. The van der Waals surface area contributed by atoms with Crippen LogP contribution in [0.4, 0.5) is 0 Å². The van der Waals surface area contributed by atoms with E-state index in [1.165, 1.54) is 12.8 Å². The molecule has 0 aromatic heterocycles. The second-order valence-corrected chi connectivity index (χ2v) is 6.32. The van der Waals surface area contributed by atoms with Gasteiger partial charge in [-0.2, -0.15) is 0 Å². The van der Waals surface area contributed by atoms with Gasteiger partial charge in [-0.05, 0) is 35.8 Å². The molecule has 5 heteroatoms. The first-order valence-corrected chi connectivity index (χ1v) is 7.33. The van der Waals surface area contributed by atoms with E-state index in [0.29, 0.717) is 21.9 Å². The van der Waals surface area contributed by atoms with Gasteiger partial charge in [-0.1, -0.05) is 42.7 Å². The molecular formula is C15H22ClN3O. The van der Waals surface area contributed by atoms with E-state index >= 15 is 0 Å². The van der Waals surface area contributed by atoms with Crippen LogP contribution in [-0.2, 0) is 6.54 Å². The van der Waals surface area contributed by atoms with Gasteiger partial charge in [0.2, 0.25) is 0 Å². The van der Waals surface area contributed by atoms with E-state index in [0.717, 1.165) is 18.7 Å². The topological polar surface area (TPSA) is 70.6 Å². The number of nitrogens with two attached hydrogens (primary N) is 1. The van der Waals surface area contributed by atoms with Crippen molar-refractivity contribution in [1.82, 2.24) is 5.32 Å². The van der Waals surface area contributed by atoms with Gasteiger partial charge in [0.15, 0.2) is 5.84 Å². The van der Waals surface area contributed by atoms with E-state index in [-0.39, 0.29) is 5.84 Å². The summed E-state index contributed by atoms with van der Waals surface area (Å²) in [5, 5.41) is 15.7. The molecule has 0 atom stereocenters. The Labute approximate surface area is 125 Å². The molecule has 0 saturated heterocycles. The summed E-state index contributed by atoms with van der Waals surface area (Å²) in [6, 6.07) is 5.45. The zero-order valence-electron chi connectivity index (χ0n) is 12.0. The summed E-state index contributed by atoms with van der Waals surface area (Å²) >= 11 is 6.23. The molecule has 2 rings (SSSR count). The number of oxime groups is 1. The van der Waals surface area contributed by atoms with Gasteiger partial charge >= 0.3 is 0 Å². The Morgan fingerprint density at radius 2 is 2.20 bits per heavy atom. The molecule has 0 amide bonds. The highest BCUT2D eigenvalue weighted by Gasteiger charge is 2.44. The number of hydrogen-bond acceptors (Lipinski definition) is 3. The summed E-state index contributed by atoms with van der Waals surface area (Å²) in [5.41, 5.74) is 7.68. The maximum absolute atomic E-state index is 8.65. The lowest BCUT2D eigenvalue weighted by Gasteiger charge is -2.20. The van der Waals surface area contributed by atoms with Crippen LogP contribution in [0.5, 0.6) is 0 Å². The van der Waals surface area contributed by atoms with Gasteiger partial charge in [0, 0.05) is 23.7 Å². The summed E-state index contributed by atoms with van der Waals surface area (Å²) in [4.78, 5) is 0. The molecule has 0 bridgehead atoms. The fourth-order valence-corrected chi connectivity index (χ4v) is 2.72. The smallest absolute Gasteiger partial charge is 0.170 e. The first kappa shape index (κ1) is 15.1. The Hall–Kier alpha value is -1.26. The van der Waals surface area contributed by atoms with E-state index < -0.39 is 0 Å². The van der Waals surface area contributed by atoms with Gasteiger partial charge in [-0.3, -0.25) is 0 Å². The van der Waals surface area contributed by atoms with Crippen LogP contribution in [0.25, 0.3) is 0 Å². The lowest BCUT2D eigenvalue weighted by Crippen LogP contribution is -2.27. The molecule has 0 heterocycles. The van der Waals surface area contributed by atoms with Crippen LogP contribution >= 0.6 is 11.6 Å². The summed E-state index contributed by atoms with van der Waals surface area (Å²) < 4.78 is 0. The molecule has 0 aliphatic heterocycles. The van der Waals surface area contributed by atoms with Crippen LogP contribution in [-0.4, -0.2) is 17.6 Å². The third-order valence-corrected chi connectivity index (χ3v) is 4.72. The molecule has 1 fully saturated rings. The molecule has 0 unspecified atom stereocenters. The number of rotatable bonds is 6. The van der Waals surface area contributed by atoms with Crippen molar-refractivity contribution in [3.05, 3.63) is 34.3 Å². The first-order chi connectivity index (χ1) is 9.48. The largest absolute Gasteiger partial charge is 0.409 e. The molecule has 1 aromatic rings. The van der Waals surface area contributed by atoms with Crippen molar-refractivity contribution >= 4 is 17.4 Å². The van der Waals surface area contributed by atoms with Crippen molar-refractivity contribution in [3.63, 3.8) is 0 Å². The highest BCUT2D eigenvalue weighted by Crippen LogP contribution is 2.51. The first-order valence-electron chi connectivity index (χ1n) is 6.95. The van der Waals surface area contributed by atoms with Crippen LogP contribution in [0.2, 0.25) is 5.02 Å². The Bertz CT molecular complexity index is 510. The standard InChI is InChI=1S/C15H22ClN3O/c1-10(2)15(5-6-15)9-18-8-12-4-3-11(7-13(12)16)14(17)19-20/h3-4,7,10,18,20H,5-6,8-9H2,1-2H3,(H2,17,19). The van der Waals surface area contributed by atoms with E-state index in [4.69, 9.17) is 22.5 Å². The van der Waals surface area contributed by atoms with Crippen molar-refractivity contribution in [2.75, 3.05) is 6.54 Å². The van der Waals surface area contributed by atoms with E-state index in [1.54, 1.807) is 6.07 Å². The average molecular weight is 296 g/mol. The number of benzene rings is 1. The number of halogens is 1. The predicted octanol–water partition coefficient (Wildman–Crippen LogP) is 2.96. The summed E-state index contributed by atoms with van der Waals surface area (Å²) in [5.74, 6) is 0.788. The van der Waals surface area contributed by atoms with E-state index in [2.05, 4.69) is 24.3 Å². The molecule has 20 heavy (non-hydrogen) atoms. The van der Waals surface area contributed by atoms with Gasteiger partial charge in [-0.15, -0.1) is 0 Å². The van der Waals surface area contributed by atoms with Crippen LogP contribution in [0.1, 0.15) is 37.8 Å². The number of nitrogens with zero attached hydrogens (tertiary/aromatic N) is 1. The minimum absolute atomic E-state index is 0.0724. The average Bonchev–Trinajstić information content (AvgIpc) is 3.21. The van der Waals surface area contributed by atoms with E-state index in [9.17, 15) is 0 Å². The molecule has 4 nitrogen and oxygen atoms in total. The Balaban J connectivity index is 1.94. The molecule has 1 aliphatic rings. The Morgan fingerprint density at radius 3 is 2.70 bits per heavy atom. The quantitative estimate of drug-likeness (QED) is 0.327. The fourth-order valence-electron chi connectivity index (χ4n) is 2.47. The second-order valence-electron chi connectivity index (χ2n) is 5.91. The highest BCUT2D eigenvalue weighted by molar-refractivity contribution is 6.31. The van der Waals surface area contributed by atoms with Crippen LogP contribution in [0.15, 0.2) is 23.4 Å². The number of hydrogen-bond donors (Lipinski definition) is 3. The minimum Gasteiger partial charge on any atom is -0.409 e. The van der Waals surface area contributed by atoms with Crippen LogP contribution < -0.4 is 11.1 Å². The van der Waals surface area contributed by atoms with Crippen molar-refractivity contribution < 1.29 is 5.21 Å². The molecule has 0 spiro atoms. The predicted molar refractivity (Wildman–Crippen MR) is 82.2 cm³/mol. The van der Waals surface area contributed by atoms with Gasteiger partial charge < -0.3 is 16.3 Å². The summed E-state index contributed by atoms with van der Waals surface area (Å²) in [6.07, 6.45) is 2.63. The maximum atomic E-state index is 8.65.